The summed E-state index contributed by atoms with van der Waals surface area (Å²) in [6.07, 6.45) is 0. The molecule has 0 atom stereocenters. The molecule has 13 heavy (non-hydrogen) atoms. The molecule has 0 saturated heterocycles. The predicted molar refractivity (Wildman–Crippen MR) is 32.1 cm³/mol. The zero-order valence-corrected chi connectivity index (χ0v) is 8.13. The maximum absolute atomic E-state index is 8.36. The van der Waals surface area contributed by atoms with Crippen molar-refractivity contribution in [2.75, 3.05) is 0 Å². The van der Waals surface area contributed by atoms with Gasteiger partial charge in [0.05, 0.1) is 0 Å². The van der Waals surface area contributed by atoms with Gasteiger partial charge < -0.3 is 15.6 Å². The van der Waals surface area contributed by atoms with Crippen molar-refractivity contribution in [3.63, 3.8) is 0 Å². The molecule has 0 unspecified atom stereocenters. The van der Waals surface area contributed by atoms with Crippen molar-refractivity contribution in [3.05, 3.63) is 30.3 Å². The Morgan fingerprint density at radius 1 is 0.692 bits per heavy atom. The number of rotatable bonds is 0. The minimum atomic E-state index is -1.50. The average Bonchev–Trinajstić information content (AvgIpc) is 1.54. The molecule has 0 aliphatic heterocycles. The van der Waals surface area contributed by atoms with Gasteiger partial charge >= 0.3 is 0 Å². The minimum absolute atomic E-state index is 0. The van der Waals surface area contributed by atoms with Crippen LogP contribution in [-0.2, 0) is 0 Å². The Morgan fingerprint density at radius 2 is 0.692 bits per heavy atom. The zero-order valence-electron chi connectivity index (χ0n) is 5.58. The average molecular weight is 311 g/mol. The molecule has 3 N–H and O–H groups in total. The van der Waals surface area contributed by atoms with Crippen LogP contribution in [0.4, 0.5) is 0 Å². The van der Waals surface area contributed by atoms with Crippen LogP contribution in [0.3, 0.4) is 0 Å². The summed E-state index contributed by atoms with van der Waals surface area (Å²) >= 11 is 0. The normalized spacial score (nSPS) is 5.54. The first kappa shape index (κ1) is 22.5. The Morgan fingerprint density at radius 3 is 0.692 bits per heavy atom. The second-order valence-electron chi connectivity index (χ2n) is 0.714. The summed E-state index contributed by atoms with van der Waals surface area (Å²) < 4.78 is 0. The van der Waals surface area contributed by atoms with E-state index in [1.807, 2.05) is 0 Å². The monoisotopic (exact) mass is 310 g/mol. The van der Waals surface area contributed by atoms with Gasteiger partial charge in [-0.05, 0) is 0 Å². The van der Waals surface area contributed by atoms with Crippen LogP contribution < -0.4 is 0 Å². The molecule has 0 aromatic rings. The molecule has 0 rings (SSSR count). The molecule has 0 fully saturated rings. The van der Waals surface area contributed by atoms with Gasteiger partial charge in [-0.15, -0.1) is 30.3 Å². The first-order chi connectivity index (χ1) is 5.20. The Balaban J connectivity index is -0.0000000450. The summed E-state index contributed by atoms with van der Waals surface area (Å²) in [5.74, 6) is 0. The summed E-state index contributed by atoms with van der Waals surface area (Å²) in [7, 11) is 0. The van der Waals surface area contributed by atoms with E-state index in [-0.39, 0.29) is 24.4 Å². The third-order valence-electron chi connectivity index (χ3n) is 0. The summed E-state index contributed by atoms with van der Waals surface area (Å²) in [5.41, 5.74) is 0. The number of hydrogen-bond donors (Lipinski definition) is 3. The Labute approximate surface area is 86.2 Å². The van der Waals surface area contributed by atoms with Gasteiger partial charge in [-0.2, -0.15) is 0 Å². The van der Waals surface area contributed by atoms with Crippen molar-refractivity contribution in [1.82, 2.24) is 0 Å². The van der Waals surface area contributed by atoms with Crippen LogP contribution in [0.2, 0.25) is 0 Å². The van der Waals surface area contributed by atoms with Gasteiger partial charge in [0.1, 0.15) is 0 Å². The first-order valence-electron chi connectivity index (χ1n) is 1.70. The summed E-state index contributed by atoms with van der Waals surface area (Å²) in [6.45, 7) is 0. The molecule has 12 nitrogen and oxygen atoms in total. The quantitative estimate of drug-likeness (QED) is 0.273. The van der Waals surface area contributed by atoms with Gasteiger partial charge in [-0.3, -0.25) is 0 Å². The molecular weight excluding hydrogens is 308 g/mol. The predicted octanol–water partition coefficient (Wildman–Crippen LogP) is -1.42. The van der Waals surface area contributed by atoms with Gasteiger partial charge in [-0.1, -0.05) is 0 Å². The molecule has 77 valence electrons. The molecule has 0 heterocycles. The second-order valence-corrected chi connectivity index (χ2v) is 0.714. The van der Waals surface area contributed by atoms with E-state index in [0.717, 1.165) is 0 Å². The largest absolute Gasteiger partial charge is 0.328 e. The molecule has 0 aromatic carbocycles. The van der Waals surface area contributed by atoms with Crippen molar-refractivity contribution in [1.29, 1.82) is 0 Å². The van der Waals surface area contributed by atoms with E-state index < -0.39 is 15.3 Å². The Hall–Kier alpha value is -1.58. The topological polar surface area (TPSA) is 190 Å². The van der Waals surface area contributed by atoms with Crippen LogP contribution in [0.5, 0.6) is 0 Å². The number of nitrogens with zero attached hydrogens (tertiary/aromatic N) is 3. The van der Waals surface area contributed by atoms with Crippen molar-refractivity contribution >= 4 is 24.4 Å². The van der Waals surface area contributed by atoms with Crippen molar-refractivity contribution < 1.29 is 30.9 Å². The minimum Gasteiger partial charge on any atom is -0.328 e. The molecule has 0 bridgehead atoms. The molecular formula is H3N3O9Sb. The molecule has 13 heteroatoms. The first-order valence-corrected chi connectivity index (χ1v) is 1.70. The van der Waals surface area contributed by atoms with E-state index in [1.165, 1.54) is 0 Å². The van der Waals surface area contributed by atoms with E-state index in [9.17, 15) is 0 Å². The summed E-state index contributed by atoms with van der Waals surface area (Å²) in [5, 5.41) is 40.9. The molecule has 0 aliphatic rings. The SMILES string of the molecule is O=[N+]([O-])O.O=[N+]([O-])O.O=[N+]([O-])O.[Sb]. The van der Waals surface area contributed by atoms with Gasteiger partial charge in [0.25, 0.3) is 15.3 Å². The van der Waals surface area contributed by atoms with Gasteiger partial charge in [0.2, 0.25) is 0 Å². The Bertz CT molecular complexity index is 112. The van der Waals surface area contributed by atoms with Crippen LogP contribution in [0, 0.1) is 30.3 Å². The van der Waals surface area contributed by atoms with E-state index >= 15 is 0 Å². The third-order valence-corrected chi connectivity index (χ3v) is 0. The van der Waals surface area contributed by atoms with Crippen LogP contribution >= 0.6 is 0 Å². The van der Waals surface area contributed by atoms with Crippen LogP contribution in [0.15, 0.2) is 0 Å². The van der Waals surface area contributed by atoms with E-state index in [2.05, 4.69) is 0 Å². The number of hydrogen-bond acceptors (Lipinski definition) is 6. The van der Waals surface area contributed by atoms with Crippen molar-refractivity contribution in [3.8, 4) is 0 Å². The van der Waals surface area contributed by atoms with E-state index in [4.69, 9.17) is 46.0 Å². The maximum atomic E-state index is 8.36. The standard InChI is InChI=1S/3HNO3.Sb/c3*2-1(3)4;/h3*(H,2,3,4);. The van der Waals surface area contributed by atoms with Crippen LogP contribution in [-0.4, -0.2) is 55.3 Å². The second kappa shape index (κ2) is 16.8. The fourth-order valence-corrected chi connectivity index (χ4v) is 0. The smallest absolute Gasteiger partial charge is 0.291 e. The van der Waals surface area contributed by atoms with E-state index in [1.54, 1.807) is 0 Å². The molecule has 0 amide bonds. The summed E-state index contributed by atoms with van der Waals surface area (Å²) in [6, 6.07) is 0. The van der Waals surface area contributed by atoms with Crippen LogP contribution in [0.25, 0.3) is 0 Å². The zero-order chi connectivity index (χ0) is 10.7. The molecule has 0 saturated carbocycles. The molecule has 0 aliphatic carbocycles. The maximum Gasteiger partial charge on any atom is 0.291 e. The van der Waals surface area contributed by atoms with Crippen molar-refractivity contribution in [2.24, 2.45) is 0 Å². The van der Waals surface area contributed by atoms with Gasteiger partial charge in [0, 0.05) is 24.4 Å². The fourth-order valence-electron chi connectivity index (χ4n) is 0. The Kier molecular flexibility index (Phi) is 29.1. The van der Waals surface area contributed by atoms with Crippen LogP contribution in [0.1, 0.15) is 0 Å². The fraction of sp³-hybridized carbons (Fsp3) is 0. The molecule has 0 spiro atoms. The third kappa shape index (κ3) is 295. The summed E-state index contributed by atoms with van der Waals surface area (Å²) in [4.78, 5) is 25.1. The van der Waals surface area contributed by atoms with E-state index in [0.29, 0.717) is 0 Å². The van der Waals surface area contributed by atoms with Gasteiger partial charge in [-0.25, -0.2) is 0 Å². The molecule has 3 radical (unpaired) electrons. The molecule has 0 aromatic heterocycles. The van der Waals surface area contributed by atoms with Crippen molar-refractivity contribution in [2.45, 2.75) is 0 Å². The van der Waals surface area contributed by atoms with Gasteiger partial charge in [0.15, 0.2) is 0 Å².